The van der Waals surface area contributed by atoms with E-state index in [1.807, 2.05) is 42.3 Å². The zero-order valence-corrected chi connectivity index (χ0v) is 18.4. The van der Waals surface area contributed by atoms with E-state index in [0.29, 0.717) is 18.7 Å². The van der Waals surface area contributed by atoms with E-state index in [9.17, 15) is 14.3 Å². The number of hydrogen-bond donors (Lipinski definition) is 2. The number of ether oxygens (including phenoxy) is 2. The Morgan fingerprint density at radius 3 is 2.42 bits per heavy atom. The van der Waals surface area contributed by atoms with Crippen molar-refractivity contribution in [2.75, 3.05) is 7.05 Å². The summed E-state index contributed by atoms with van der Waals surface area (Å²) < 4.78 is 24.6. The molecular weight excluding hydrogens is 399 g/mol. The van der Waals surface area contributed by atoms with Crippen LogP contribution in [-0.4, -0.2) is 53.0 Å². The highest BCUT2D eigenvalue weighted by Crippen LogP contribution is 2.30. The second-order valence-electron chi connectivity index (χ2n) is 8.98. The van der Waals surface area contributed by atoms with Gasteiger partial charge in [0.1, 0.15) is 29.4 Å². The van der Waals surface area contributed by atoms with E-state index in [4.69, 9.17) is 9.47 Å². The van der Waals surface area contributed by atoms with Crippen molar-refractivity contribution < 1.29 is 23.8 Å². The lowest BCUT2D eigenvalue weighted by Crippen LogP contribution is -2.52. The Morgan fingerprint density at radius 1 is 1.16 bits per heavy atom. The smallest absolute Gasteiger partial charge is 0.407 e. The second kappa shape index (κ2) is 9.66. The average molecular weight is 431 g/mol. The highest BCUT2D eigenvalue weighted by molar-refractivity contribution is 5.68. The summed E-state index contributed by atoms with van der Waals surface area (Å²) in [5.41, 5.74) is 0.465. The highest BCUT2D eigenvalue weighted by atomic mass is 19.1. The number of amides is 1. The molecule has 0 spiro atoms. The van der Waals surface area contributed by atoms with Gasteiger partial charge < -0.3 is 19.9 Å². The van der Waals surface area contributed by atoms with Crippen molar-refractivity contribution in [3.8, 4) is 5.75 Å². The van der Waals surface area contributed by atoms with E-state index in [1.54, 1.807) is 20.8 Å². The van der Waals surface area contributed by atoms with E-state index < -0.39 is 29.9 Å². The Labute approximate surface area is 183 Å². The molecule has 2 aromatic carbocycles. The van der Waals surface area contributed by atoms with Gasteiger partial charge in [0.2, 0.25) is 0 Å². The third kappa shape index (κ3) is 6.42. The summed E-state index contributed by atoms with van der Waals surface area (Å²) in [7, 11) is 1.91. The number of likely N-dealkylation sites (N-methyl/N-ethyl adjacent to an activating group) is 1. The molecule has 2 aromatic rings. The van der Waals surface area contributed by atoms with Gasteiger partial charge in [-0.1, -0.05) is 30.3 Å². The number of benzene rings is 2. The minimum atomic E-state index is -0.862. The number of carbonyl (C=O) groups excluding carboxylic acids is 1. The summed E-state index contributed by atoms with van der Waals surface area (Å²) in [5, 5.41) is 14.0. The Kier molecular flexibility index (Phi) is 7.18. The molecular formula is C24H31FN2O4. The molecule has 0 saturated heterocycles. The maximum absolute atomic E-state index is 13.2. The van der Waals surface area contributed by atoms with Crippen LogP contribution in [-0.2, 0) is 11.3 Å². The molecule has 168 valence electrons. The van der Waals surface area contributed by atoms with E-state index in [2.05, 4.69) is 5.32 Å². The van der Waals surface area contributed by atoms with Gasteiger partial charge in [-0.2, -0.15) is 0 Å². The second-order valence-corrected chi connectivity index (χ2v) is 8.98. The van der Waals surface area contributed by atoms with Crippen LogP contribution < -0.4 is 10.1 Å². The summed E-state index contributed by atoms with van der Waals surface area (Å²) in [5.74, 6) is 0.108. The van der Waals surface area contributed by atoms with Gasteiger partial charge in [-0.25, -0.2) is 9.18 Å². The summed E-state index contributed by atoms with van der Waals surface area (Å²) in [4.78, 5) is 14.4. The molecule has 3 rings (SSSR count). The molecule has 0 bridgehead atoms. The number of rotatable bonds is 6. The molecule has 1 aliphatic rings. The largest absolute Gasteiger partial charge is 0.488 e. The monoisotopic (exact) mass is 430 g/mol. The molecule has 0 radical (unpaired) electrons. The van der Waals surface area contributed by atoms with Crippen LogP contribution in [0.3, 0.4) is 0 Å². The number of aliphatic hydroxyl groups excluding tert-OH is 1. The first kappa shape index (κ1) is 23.0. The summed E-state index contributed by atoms with van der Waals surface area (Å²) in [6, 6.07) is 14.8. The molecule has 6 nitrogen and oxygen atoms in total. The maximum Gasteiger partial charge on any atom is 0.407 e. The van der Waals surface area contributed by atoms with Crippen molar-refractivity contribution in [2.45, 2.75) is 63.6 Å². The molecule has 1 fully saturated rings. The Balaban J connectivity index is 1.76. The quantitative estimate of drug-likeness (QED) is 0.731. The number of nitrogens with zero attached hydrogens (tertiary/aromatic N) is 1. The SMILES string of the molecule is CN(Cc1ccccc1)[C@@H]1[C@@H](O)[C@H](Oc2ccc(F)cc2)C[C@H]1NC(=O)OC(C)(C)C. The van der Waals surface area contributed by atoms with Gasteiger partial charge in [0.05, 0.1) is 12.1 Å². The zero-order valence-electron chi connectivity index (χ0n) is 18.4. The van der Waals surface area contributed by atoms with Gasteiger partial charge >= 0.3 is 6.09 Å². The average Bonchev–Trinajstić information content (AvgIpc) is 2.97. The maximum atomic E-state index is 13.2. The van der Waals surface area contributed by atoms with E-state index in [0.717, 1.165) is 5.56 Å². The topological polar surface area (TPSA) is 71.0 Å². The van der Waals surface area contributed by atoms with Crippen LogP contribution in [0.2, 0.25) is 0 Å². The Hall–Kier alpha value is -2.64. The fourth-order valence-corrected chi connectivity index (χ4v) is 3.94. The van der Waals surface area contributed by atoms with Gasteiger partial charge in [-0.15, -0.1) is 0 Å². The predicted octanol–water partition coefficient (Wildman–Crippen LogP) is 3.73. The lowest BCUT2D eigenvalue weighted by atomic mass is 10.1. The van der Waals surface area contributed by atoms with Crippen LogP contribution in [0.1, 0.15) is 32.8 Å². The van der Waals surface area contributed by atoms with Gasteiger partial charge in [0.15, 0.2) is 0 Å². The third-order valence-electron chi connectivity index (χ3n) is 5.22. The number of aliphatic hydroxyl groups is 1. The van der Waals surface area contributed by atoms with E-state index >= 15 is 0 Å². The van der Waals surface area contributed by atoms with Crippen LogP contribution in [0.15, 0.2) is 54.6 Å². The molecule has 1 amide bonds. The highest BCUT2D eigenvalue weighted by Gasteiger charge is 2.47. The number of carbonyl (C=O) groups is 1. The molecule has 0 heterocycles. The summed E-state index contributed by atoms with van der Waals surface area (Å²) >= 11 is 0. The number of nitrogens with one attached hydrogen (secondary N) is 1. The van der Waals surface area contributed by atoms with Crippen molar-refractivity contribution in [2.24, 2.45) is 0 Å². The van der Waals surface area contributed by atoms with Crippen molar-refractivity contribution in [3.05, 3.63) is 66.0 Å². The third-order valence-corrected chi connectivity index (χ3v) is 5.22. The Bertz CT molecular complexity index is 854. The Morgan fingerprint density at radius 2 is 1.81 bits per heavy atom. The lowest BCUT2D eigenvalue weighted by molar-refractivity contribution is 0.0108. The number of hydrogen-bond acceptors (Lipinski definition) is 5. The molecule has 1 saturated carbocycles. The van der Waals surface area contributed by atoms with E-state index in [-0.39, 0.29) is 11.9 Å². The normalized spacial score (nSPS) is 23.6. The van der Waals surface area contributed by atoms with Gasteiger partial charge in [0, 0.05) is 13.0 Å². The van der Waals surface area contributed by atoms with Crippen molar-refractivity contribution in [3.63, 3.8) is 0 Å². The van der Waals surface area contributed by atoms with Gasteiger partial charge in [0.25, 0.3) is 0 Å². The minimum absolute atomic E-state index is 0.357. The van der Waals surface area contributed by atoms with Crippen LogP contribution in [0.25, 0.3) is 0 Å². The van der Waals surface area contributed by atoms with Gasteiger partial charge in [-0.3, -0.25) is 4.90 Å². The molecule has 1 aliphatic carbocycles. The van der Waals surface area contributed by atoms with Crippen molar-refractivity contribution in [1.82, 2.24) is 10.2 Å². The zero-order chi connectivity index (χ0) is 22.6. The molecule has 0 aliphatic heterocycles. The van der Waals surface area contributed by atoms with Crippen molar-refractivity contribution in [1.29, 1.82) is 0 Å². The fourth-order valence-electron chi connectivity index (χ4n) is 3.94. The van der Waals surface area contributed by atoms with Gasteiger partial charge in [-0.05, 0) is 57.6 Å². The standard InChI is InChI=1S/C24H31FN2O4/c1-24(2,3)31-23(29)26-19-14-20(30-18-12-10-17(25)11-13-18)22(28)21(19)27(4)15-16-8-6-5-7-9-16/h5-13,19-22,28H,14-15H2,1-4H3,(H,26,29)/t19-,20-,21+,22+/m1/s1. The van der Waals surface area contributed by atoms with Crippen LogP contribution in [0.4, 0.5) is 9.18 Å². The minimum Gasteiger partial charge on any atom is -0.488 e. The predicted molar refractivity (Wildman–Crippen MR) is 116 cm³/mol. The molecule has 0 unspecified atom stereocenters. The van der Waals surface area contributed by atoms with Crippen molar-refractivity contribution >= 4 is 6.09 Å². The van der Waals surface area contributed by atoms with Crippen LogP contribution in [0, 0.1) is 5.82 Å². The summed E-state index contributed by atoms with van der Waals surface area (Å²) in [6.45, 7) is 6.00. The lowest BCUT2D eigenvalue weighted by Gasteiger charge is -2.32. The first-order valence-electron chi connectivity index (χ1n) is 10.5. The first-order chi connectivity index (χ1) is 14.6. The molecule has 7 heteroatoms. The molecule has 31 heavy (non-hydrogen) atoms. The molecule has 2 N–H and O–H groups in total. The van der Waals surface area contributed by atoms with E-state index in [1.165, 1.54) is 24.3 Å². The molecule has 0 aromatic heterocycles. The number of halogens is 1. The fraction of sp³-hybridized carbons (Fsp3) is 0.458. The molecule has 4 atom stereocenters. The van der Waals surface area contributed by atoms with Crippen LogP contribution in [0.5, 0.6) is 5.75 Å². The first-order valence-corrected chi connectivity index (χ1v) is 10.5. The summed E-state index contributed by atoms with van der Waals surface area (Å²) in [6.07, 6.45) is -1.57. The number of alkyl carbamates (subject to hydrolysis) is 1. The van der Waals surface area contributed by atoms with Crippen LogP contribution >= 0.6 is 0 Å².